The normalized spacial score (nSPS) is 10.4. The Morgan fingerprint density at radius 1 is 0.475 bits per heavy atom. The van der Waals surface area contributed by atoms with Crippen LogP contribution in [0.15, 0.2) is 146 Å². The van der Waals surface area contributed by atoms with Crippen molar-refractivity contribution in [2.75, 3.05) is 62.3 Å². The van der Waals surface area contributed by atoms with E-state index in [4.69, 9.17) is 44.6 Å². The lowest BCUT2D eigenvalue weighted by Crippen LogP contribution is -2.30. The molecule has 0 aliphatic carbocycles. The molecule has 0 atom stereocenters. The zero-order chi connectivity index (χ0) is 73.9. The highest BCUT2D eigenvalue weighted by atomic mass is 35.5. The first-order valence-corrected chi connectivity index (χ1v) is 31.0. The van der Waals surface area contributed by atoms with Gasteiger partial charge in [0.05, 0.1) is 47.8 Å². The van der Waals surface area contributed by atoms with Crippen molar-refractivity contribution >= 4 is 71.1 Å². The van der Waals surface area contributed by atoms with Crippen LogP contribution in [0.5, 0.6) is 0 Å². The Labute approximate surface area is 585 Å². The summed E-state index contributed by atoms with van der Waals surface area (Å²) in [4.78, 5) is 86.7. The summed E-state index contributed by atoms with van der Waals surface area (Å²) >= 11 is 5.95. The number of carbonyl (C=O) groups excluding carboxylic acids is 2. The van der Waals surface area contributed by atoms with Gasteiger partial charge in [-0.2, -0.15) is 0 Å². The van der Waals surface area contributed by atoms with Gasteiger partial charge < -0.3 is 57.9 Å². The minimum atomic E-state index is -1.39. The molecular formula is C71H73BClF3N18O7. The van der Waals surface area contributed by atoms with Crippen molar-refractivity contribution in [2.24, 2.45) is 5.73 Å². The summed E-state index contributed by atoms with van der Waals surface area (Å²) in [6, 6.07) is 39.1. The predicted molar refractivity (Wildman–Crippen MR) is 384 cm³/mol. The van der Waals surface area contributed by atoms with Gasteiger partial charge in [0.1, 0.15) is 34.8 Å². The standard InChI is InChI=1S/C26H26FN7O.C18H15FN4O2.C12H9ClFN3O2.C8H13N3.C7H10BNO2/c1-15-12-18(13-16(2)30-15)23-22(17-8-10-19(27)11-9-17)33-25(28)24(32-23)26(35)29-14-20-6-5-7-21(31-20)34(3)4;1-9-7-12(8-10(2)21-9)15-14(11-3-5-13(19)6-4-11)23-17(20)16(22-15)18(24)25;1-19-12(18)9-11(15)17-8(10(13)16-9)6-2-4-7(14)5-3-6;1-11(2)8-5-3-4-7(6-9)10-8;1-5-3-7(8(10)11)4-6(2)9-5/h5-13H,14H2,1-4H3,(H2,28,33)(H,29,35);3-8H,1-2H3,(H2,20,23)(H,24,25);2-5H,1H3,(H2,15,17);3-5H,6,9H2,1-2H3;3-4,10-11H,1-2H3. The first-order valence-electron chi connectivity index (χ1n) is 30.7. The van der Waals surface area contributed by atoms with Crippen molar-refractivity contribution in [1.29, 1.82) is 0 Å². The second kappa shape index (κ2) is 35.0. The summed E-state index contributed by atoms with van der Waals surface area (Å²) in [5, 5.41) is 29.7. The number of hydrogen-bond acceptors (Lipinski definition) is 23. The van der Waals surface area contributed by atoms with Crippen molar-refractivity contribution in [2.45, 2.75) is 54.6 Å². The fourth-order valence-electron chi connectivity index (χ4n) is 9.56. The molecule has 0 radical (unpaired) electrons. The molecule has 0 bridgehead atoms. The Morgan fingerprint density at radius 3 is 1.23 bits per heavy atom. The fourth-order valence-corrected chi connectivity index (χ4v) is 9.80. The van der Waals surface area contributed by atoms with Crippen LogP contribution in [0.2, 0.25) is 5.15 Å². The Balaban J connectivity index is 0.000000190. The highest BCUT2D eigenvalue weighted by Gasteiger charge is 2.24. The van der Waals surface area contributed by atoms with Gasteiger partial charge in [0.15, 0.2) is 39.7 Å². The van der Waals surface area contributed by atoms with Crippen LogP contribution in [0.1, 0.15) is 77.0 Å². The molecular weight excluding hydrogens is 1320 g/mol. The van der Waals surface area contributed by atoms with Gasteiger partial charge in [-0.25, -0.2) is 62.6 Å². The number of aromatic nitrogens is 11. The molecule has 0 unspecified atom stereocenters. The van der Waals surface area contributed by atoms with Gasteiger partial charge >= 0.3 is 19.1 Å². The van der Waals surface area contributed by atoms with Crippen LogP contribution in [-0.4, -0.2) is 130 Å². The number of nitrogens with two attached hydrogens (primary N) is 4. The Morgan fingerprint density at radius 2 is 0.832 bits per heavy atom. The molecule has 520 valence electrons. The van der Waals surface area contributed by atoms with E-state index in [-0.39, 0.29) is 69.4 Å². The molecule has 11 rings (SSSR count). The van der Waals surface area contributed by atoms with Gasteiger partial charge in [-0.1, -0.05) is 23.7 Å². The molecule has 8 aromatic heterocycles. The number of rotatable bonds is 14. The summed E-state index contributed by atoms with van der Waals surface area (Å²) in [5.74, 6) is -2.18. The first kappa shape index (κ1) is 76.5. The SMILES string of the molecule is CN(C)c1cccc(CN)n1.COC(=O)c1nc(Cl)c(-c2ccc(F)cc2)nc1N.Cc1cc(-c2nc(C(=O)NCc3cccc(N(C)C)n3)c(N)nc2-c2ccc(F)cc2)cc(C)n1.Cc1cc(-c2nc(C(=O)O)c(N)nc2-c2ccc(F)cc2)cc(C)n1.Cc1cc(B(O)O)cc(C)n1. The van der Waals surface area contributed by atoms with Crippen molar-refractivity contribution in [3.05, 3.63) is 231 Å². The van der Waals surface area contributed by atoms with E-state index < -0.39 is 25.0 Å². The molecule has 0 aliphatic rings. The van der Waals surface area contributed by atoms with Gasteiger partial charge in [-0.15, -0.1) is 0 Å². The lowest BCUT2D eigenvalue weighted by atomic mass is 9.80. The highest BCUT2D eigenvalue weighted by molar-refractivity contribution is 6.58. The average molecular weight is 1390 g/mol. The summed E-state index contributed by atoms with van der Waals surface area (Å²) in [6.45, 7) is 11.7. The third kappa shape index (κ3) is 21.3. The minimum Gasteiger partial charge on any atom is -0.476 e. The molecule has 101 heavy (non-hydrogen) atoms. The maximum Gasteiger partial charge on any atom is 0.488 e. The van der Waals surface area contributed by atoms with E-state index in [0.717, 1.165) is 57.1 Å². The quantitative estimate of drug-likeness (QED) is 0.0371. The number of aryl methyl sites for hydroxylation is 6. The molecule has 12 N–H and O–H groups in total. The number of pyridine rings is 5. The number of esters is 1. The molecule has 11 aromatic rings. The highest BCUT2D eigenvalue weighted by Crippen LogP contribution is 2.34. The number of nitrogen functional groups attached to an aromatic ring is 3. The second-order valence-corrected chi connectivity index (χ2v) is 23.1. The largest absolute Gasteiger partial charge is 0.488 e. The van der Waals surface area contributed by atoms with E-state index in [1.165, 1.54) is 55.6 Å². The van der Waals surface area contributed by atoms with Gasteiger partial charge in [-0.05, 0) is 180 Å². The van der Waals surface area contributed by atoms with E-state index >= 15 is 0 Å². The molecule has 25 nitrogen and oxygen atoms in total. The number of carboxylic acids is 1. The summed E-state index contributed by atoms with van der Waals surface area (Å²) in [5.41, 5.74) is 34.4. The van der Waals surface area contributed by atoms with E-state index in [1.54, 1.807) is 48.5 Å². The Bertz CT molecular complexity index is 4700. The molecule has 0 saturated carbocycles. The number of benzene rings is 3. The lowest BCUT2D eigenvalue weighted by molar-refractivity contribution is 0.0593. The number of nitrogens with one attached hydrogen (secondary N) is 1. The van der Waals surface area contributed by atoms with E-state index in [2.05, 4.69) is 64.9 Å². The zero-order valence-electron chi connectivity index (χ0n) is 57.0. The summed E-state index contributed by atoms with van der Waals surface area (Å²) in [6.07, 6.45) is 0. The van der Waals surface area contributed by atoms with E-state index in [0.29, 0.717) is 62.7 Å². The van der Waals surface area contributed by atoms with Gasteiger partial charge in [-0.3, -0.25) is 19.7 Å². The molecule has 0 spiro atoms. The summed E-state index contributed by atoms with van der Waals surface area (Å²) < 4.78 is 44.1. The summed E-state index contributed by atoms with van der Waals surface area (Å²) in [7, 11) is 7.52. The van der Waals surface area contributed by atoms with Gasteiger partial charge in [0, 0.05) is 96.7 Å². The fraction of sp³-hybridized carbons (Fsp3) is 0.183. The van der Waals surface area contributed by atoms with Crippen LogP contribution >= 0.6 is 11.6 Å². The number of methoxy groups -OCH3 is 1. The van der Waals surface area contributed by atoms with Gasteiger partial charge in [0.25, 0.3) is 5.91 Å². The number of hydrogen-bond donors (Lipinski definition) is 8. The molecule has 30 heteroatoms. The number of anilines is 5. The second-order valence-electron chi connectivity index (χ2n) is 22.7. The first-order chi connectivity index (χ1) is 47.9. The van der Waals surface area contributed by atoms with Crippen LogP contribution in [0.4, 0.5) is 42.3 Å². The number of ether oxygens (including phenoxy) is 1. The van der Waals surface area contributed by atoms with E-state index in [9.17, 15) is 32.7 Å². The number of halogens is 4. The molecule has 0 fully saturated rings. The Kier molecular flexibility index (Phi) is 26.5. The smallest absolute Gasteiger partial charge is 0.476 e. The molecule has 8 heterocycles. The number of amides is 1. The van der Waals surface area contributed by atoms with Crippen molar-refractivity contribution in [1.82, 2.24) is 60.1 Å². The van der Waals surface area contributed by atoms with Crippen LogP contribution < -0.4 is 43.5 Å². The van der Waals surface area contributed by atoms with Crippen LogP contribution in [0, 0.1) is 59.0 Å². The van der Waals surface area contributed by atoms with Crippen LogP contribution in [0.3, 0.4) is 0 Å². The minimum absolute atomic E-state index is 0.00162. The van der Waals surface area contributed by atoms with Crippen molar-refractivity contribution < 1.29 is 47.4 Å². The molecule has 0 aliphatic heterocycles. The third-order valence-electron chi connectivity index (χ3n) is 14.1. The topological polar surface area (TPSA) is 386 Å². The third-order valence-corrected chi connectivity index (χ3v) is 14.4. The predicted octanol–water partition coefficient (Wildman–Crippen LogP) is 9.47. The van der Waals surface area contributed by atoms with Crippen molar-refractivity contribution in [3.63, 3.8) is 0 Å². The van der Waals surface area contributed by atoms with Crippen LogP contribution in [0.25, 0.3) is 56.3 Å². The molecule has 0 saturated heterocycles. The maximum absolute atomic E-state index is 13.5. The van der Waals surface area contributed by atoms with Gasteiger partial charge in [0.2, 0.25) is 0 Å². The number of nitrogens with zero attached hydrogens (tertiary/aromatic N) is 13. The number of carbonyl (C=O) groups is 3. The van der Waals surface area contributed by atoms with Crippen LogP contribution in [-0.2, 0) is 17.8 Å². The lowest BCUT2D eigenvalue weighted by Gasteiger charge is -2.15. The van der Waals surface area contributed by atoms with Crippen molar-refractivity contribution in [3.8, 4) is 56.3 Å². The average Bonchev–Trinajstić information content (AvgIpc) is 0.791. The number of carboxylic acid groups (broad SMARTS) is 1. The molecule has 3 aromatic carbocycles. The van der Waals surface area contributed by atoms with E-state index in [1.807, 2.05) is 128 Å². The number of aromatic carboxylic acids is 1. The monoisotopic (exact) mass is 1390 g/mol. The Hall–Kier alpha value is -11.9. The maximum atomic E-state index is 13.5. The molecule has 1 amide bonds. The zero-order valence-corrected chi connectivity index (χ0v) is 57.7.